The first kappa shape index (κ1) is 19.7. The van der Waals surface area contributed by atoms with Crippen molar-refractivity contribution in [3.05, 3.63) is 24.3 Å². The maximum Gasteiger partial charge on any atom is 0.233 e. The van der Waals surface area contributed by atoms with Gasteiger partial charge in [-0.3, -0.25) is 4.79 Å². The zero-order valence-corrected chi connectivity index (χ0v) is 17.2. The lowest BCUT2D eigenvalue weighted by molar-refractivity contribution is -0.132. The van der Waals surface area contributed by atoms with Crippen LogP contribution in [0.25, 0.3) is 11.4 Å². The molecule has 2 heterocycles. The lowest BCUT2D eigenvalue weighted by atomic mass is 10.0. The molecule has 0 N–H and O–H groups in total. The molecule has 6 nitrogen and oxygen atoms in total. The number of hydrogen-bond donors (Lipinski definition) is 0. The summed E-state index contributed by atoms with van der Waals surface area (Å²) in [6, 6.07) is 8.19. The summed E-state index contributed by atoms with van der Waals surface area (Å²) >= 11 is 1.48. The fourth-order valence-corrected chi connectivity index (χ4v) is 4.49. The van der Waals surface area contributed by atoms with Crippen molar-refractivity contribution >= 4 is 17.7 Å². The zero-order valence-electron chi connectivity index (χ0n) is 16.4. The van der Waals surface area contributed by atoms with Gasteiger partial charge in [-0.2, -0.15) is 0 Å². The van der Waals surface area contributed by atoms with Crippen molar-refractivity contribution in [2.24, 2.45) is 0 Å². The Labute approximate surface area is 165 Å². The first-order valence-electron chi connectivity index (χ1n) is 9.67. The quantitative estimate of drug-likeness (QED) is 0.674. The number of piperidine rings is 1. The molecule has 1 aromatic carbocycles. The second-order valence-electron chi connectivity index (χ2n) is 6.71. The monoisotopic (exact) mass is 388 g/mol. The number of rotatable bonds is 7. The molecule has 1 fully saturated rings. The second kappa shape index (κ2) is 9.26. The molecule has 0 saturated carbocycles. The van der Waals surface area contributed by atoms with Crippen LogP contribution in [-0.4, -0.2) is 51.0 Å². The van der Waals surface area contributed by atoms with Crippen molar-refractivity contribution in [1.29, 1.82) is 0 Å². The van der Waals surface area contributed by atoms with Crippen molar-refractivity contribution in [3.63, 3.8) is 0 Å². The van der Waals surface area contributed by atoms with Crippen molar-refractivity contribution in [2.45, 2.75) is 57.3 Å². The molecule has 0 radical (unpaired) electrons. The van der Waals surface area contributed by atoms with E-state index in [-0.39, 0.29) is 5.91 Å². The standard InChI is InChI=1S/C20H28N4O2S/c1-4-16-8-6-7-13-24(16)18(25)14-27-20-22-21-19(23(20)5-2)15-9-11-17(26-3)12-10-15/h9-12,16H,4-8,13-14H2,1-3H3/t16-/m0/s1. The van der Waals surface area contributed by atoms with Gasteiger partial charge in [-0.15, -0.1) is 10.2 Å². The Balaban J connectivity index is 1.70. The number of nitrogens with zero attached hydrogens (tertiary/aromatic N) is 4. The van der Waals surface area contributed by atoms with Crippen molar-refractivity contribution < 1.29 is 9.53 Å². The van der Waals surface area contributed by atoms with E-state index in [1.807, 2.05) is 24.3 Å². The number of ether oxygens (including phenoxy) is 1. The Bertz CT molecular complexity index is 760. The number of amides is 1. The highest BCUT2D eigenvalue weighted by Gasteiger charge is 2.25. The molecule has 2 aromatic rings. The summed E-state index contributed by atoms with van der Waals surface area (Å²) in [5.41, 5.74) is 0.991. The van der Waals surface area contributed by atoms with Gasteiger partial charge in [0, 0.05) is 24.7 Å². The first-order chi connectivity index (χ1) is 13.2. The summed E-state index contributed by atoms with van der Waals surface area (Å²) in [6.07, 6.45) is 4.49. The van der Waals surface area contributed by atoms with E-state index in [9.17, 15) is 4.79 Å². The molecule has 27 heavy (non-hydrogen) atoms. The Morgan fingerprint density at radius 1 is 1.22 bits per heavy atom. The van der Waals surface area contributed by atoms with E-state index in [2.05, 4.69) is 33.5 Å². The Morgan fingerprint density at radius 2 is 2.00 bits per heavy atom. The molecule has 1 atom stereocenters. The topological polar surface area (TPSA) is 60.3 Å². The summed E-state index contributed by atoms with van der Waals surface area (Å²) in [5.74, 6) is 2.26. The minimum atomic E-state index is 0.211. The molecule has 0 spiro atoms. The van der Waals surface area contributed by atoms with Gasteiger partial charge in [0.2, 0.25) is 5.91 Å². The van der Waals surface area contributed by atoms with Gasteiger partial charge in [0.1, 0.15) is 5.75 Å². The molecule has 1 aromatic heterocycles. The number of thioether (sulfide) groups is 1. The Morgan fingerprint density at radius 3 is 2.67 bits per heavy atom. The normalized spacial score (nSPS) is 17.1. The van der Waals surface area contributed by atoms with E-state index >= 15 is 0 Å². The van der Waals surface area contributed by atoms with Crippen LogP contribution in [0.15, 0.2) is 29.4 Å². The average Bonchev–Trinajstić information content (AvgIpc) is 3.14. The van der Waals surface area contributed by atoms with Crippen molar-refractivity contribution in [1.82, 2.24) is 19.7 Å². The number of hydrogen-bond acceptors (Lipinski definition) is 5. The van der Waals surface area contributed by atoms with E-state index in [0.29, 0.717) is 11.8 Å². The van der Waals surface area contributed by atoms with Crippen LogP contribution in [0.3, 0.4) is 0 Å². The van der Waals surface area contributed by atoms with Gasteiger partial charge in [0.05, 0.1) is 12.9 Å². The summed E-state index contributed by atoms with van der Waals surface area (Å²) in [5, 5.41) is 9.49. The van der Waals surface area contributed by atoms with E-state index in [0.717, 1.165) is 54.6 Å². The van der Waals surface area contributed by atoms with Gasteiger partial charge in [-0.05, 0) is 56.9 Å². The van der Waals surface area contributed by atoms with Crippen LogP contribution in [0.2, 0.25) is 0 Å². The molecule has 0 bridgehead atoms. The fraction of sp³-hybridized carbons (Fsp3) is 0.550. The molecular weight excluding hydrogens is 360 g/mol. The van der Waals surface area contributed by atoms with Gasteiger partial charge in [-0.25, -0.2) is 0 Å². The van der Waals surface area contributed by atoms with Gasteiger partial charge < -0.3 is 14.2 Å². The number of carbonyl (C=O) groups excluding carboxylic acids is 1. The van der Waals surface area contributed by atoms with Gasteiger partial charge in [-0.1, -0.05) is 18.7 Å². The first-order valence-corrected chi connectivity index (χ1v) is 10.7. The maximum absolute atomic E-state index is 12.7. The predicted octanol–water partition coefficient (Wildman–Crippen LogP) is 3.86. The summed E-state index contributed by atoms with van der Waals surface area (Å²) in [4.78, 5) is 14.8. The van der Waals surface area contributed by atoms with Gasteiger partial charge in [0.25, 0.3) is 0 Å². The van der Waals surface area contributed by atoms with Crippen LogP contribution in [-0.2, 0) is 11.3 Å². The molecule has 1 aliphatic heterocycles. The number of likely N-dealkylation sites (tertiary alicyclic amines) is 1. The Kier molecular flexibility index (Phi) is 6.77. The van der Waals surface area contributed by atoms with E-state index < -0.39 is 0 Å². The number of benzene rings is 1. The minimum absolute atomic E-state index is 0.211. The molecule has 1 saturated heterocycles. The van der Waals surface area contributed by atoms with Gasteiger partial charge in [0.15, 0.2) is 11.0 Å². The third-order valence-electron chi connectivity index (χ3n) is 5.12. The molecule has 146 valence electrons. The van der Waals surface area contributed by atoms with Crippen LogP contribution >= 0.6 is 11.8 Å². The SMILES string of the molecule is CC[C@H]1CCCCN1C(=O)CSc1nnc(-c2ccc(OC)cc2)n1CC. The summed E-state index contributed by atoms with van der Waals surface area (Å²) < 4.78 is 7.28. The lowest BCUT2D eigenvalue weighted by Gasteiger charge is -2.35. The number of carbonyl (C=O) groups is 1. The van der Waals surface area contributed by atoms with Crippen LogP contribution in [0.4, 0.5) is 0 Å². The molecular formula is C20H28N4O2S. The van der Waals surface area contributed by atoms with Gasteiger partial charge >= 0.3 is 0 Å². The molecule has 7 heteroatoms. The largest absolute Gasteiger partial charge is 0.497 e. The molecule has 1 aliphatic rings. The highest BCUT2D eigenvalue weighted by molar-refractivity contribution is 7.99. The highest BCUT2D eigenvalue weighted by Crippen LogP contribution is 2.27. The smallest absolute Gasteiger partial charge is 0.233 e. The Hall–Kier alpha value is -2.02. The fourth-order valence-electron chi connectivity index (χ4n) is 3.60. The molecule has 0 unspecified atom stereocenters. The highest BCUT2D eigenvalue weighted by atomic mass is 32.2. The lowest BCUT2D eigenvalue weighted by Crippen LogP contribution is -2.44. The number of aromatic nitrogens is 3. The van der Waals surface area contributed by atoms with E-state index in [1.54, 1.807) is 7.11 Å². The summed E-state index contributed by atoms with van der Waals surface area (Å²) in [6.45, 7) is 5.87. The molecule has 1 amide bonds. The van der Waals surface area contributed by atoms with E-state index in [1.165, 1.54) is 18.2 Å². The van der Waals surface area contributed by atoms with Crippen molar-refractivity contribution in [2.75, 3.05) is 19.4 Å². The van der Waals surface area contributed by atoms with Crippen LogP contribution in [0, 0.1) is 0 Å². The zero-order chi connectivity index (χ0) is 19.2. The number of methoxy groups -OCH3 is 1. The summed E-state index contributed by atoms with van der Waals surface area (Å²) in [7, 11) is 1.65. The third-order valence-corrected chi connectivity index (χ3v) is 6.08. The van der Waals surface area contributed by atoms with Crippen molar-refractivity contribution in [3.8, 4) is 17.1 Å². The predicted molar refractivity (Wildman–Crippen MR) is 108 cm³/mol. The minimum Gasteiger partial charge on any atom is -0.497 e. The maximum atomic E-state index is 12.7. The van der Waals surface area contributed by atoms with Crippen LogP contribution in [0.1, 0.15) is 39.5 Å². The van der Waals surface area contributed by atoms with E-state index in [4.69, 9.17) is 4.74 Å². The second-order valence-corrected chi connectivity index (χ2v) is 7.66. The average molecular weight is 389 g/mol. The molecule has 0 aliphatic carbocycles. The van der Waals surface area contributed by atoms with Crippen LogP contribution in [0.5, 0.6) is 5.75 Å². The van der Waals surface area contributed by atoms with Crippen LogP contribution < -0.4 is 4.74 Å². The third kappa shape index (κ3) is 4.46. The molecule has 3 rings (SSSR count).